The van der Waals surface area contributed by atoms with E-state index in [0.717, 1.165) is 44.9 Å². The van der Waals surface area contributed by atoms with Crippen LogP contribution in [0.4, 0.5) is 0 Å². The molecule has 0 fully saturated rings. The summed E-state index contributed by atoms with van der Waals surface area (Å²) in [6, 6.07) is -1.25. The van der Waals surface area contributed by atoms with Crippen molar-refractivity contribution >= 4 is 16.0 Å². The molecule has 0 bridgehead atoms. The lowest BCUT2D eigenvalue weighted by molar-refractivity contribution is -0.130. The summed E-state index contributed by atoms with van der Waals surface area (Å²) in [4.78, 5) is 12.5. The summed E-state index contributed by atoms with van der Waals surface area (Å²) in [5, 5.41) is 23.1. The molecule has 1 amide bonds. The predicted octanol–water partition coefficient (Wildman–Crippen LogP) is 7.59. The second kappa shape index (κ2) is 27.4. The van der Waals surface area contributed by atoms with E-state index in [0.29, 0.717) is 12.8 Å². The van der Waals surface area contributed by atoms with Gasteiger partial charge in [-0.25, -0.2) is 0 Å². The van der Waals surface area contributed by atoms with E-state index in [-0.39, 0.29) is 6.42 Å². The van der Waals surface area contributed by atoms with Gasteiger partial charge in [0.2, 0.25) is 5.91 Å². The van der Waals surface area contributed by atoms with Gasteiger partial charge in [0, 0.05) is 0 Å². The van der Waals surface area contributed by atoms with E-state index >= 15 is 0 Å². The summed E-state index contributed by atoms with van der Waals surface area (Å²) >= 11 is 0. The quantitative estimate of drug-likeness (QED) is 0.0417. The lowest BCUT2D eigenvalue weighted by Crippen LogP contribution is -2.50. The van der Waals surface area contributed by atoms with Crippen molar-refractivity contribution in [2.24, 2.45) is 0 Å². The maximum absolute atomic E-state index is 12.5. The van der Waals surface area contributed by atoms with Gasteiger partial charge in [0.1, 0.15) is 6.10 Å². The maximum atomic E-state index is 12.5. The fourth-order valence-corrected chi connectivity index (χ4v) is 5.32. The Morgan fingerprint density at radius 2 is 1.10 bits per heavy atom. The van der Waals surface area contributed by atoms with Gasteiger partial charge in [-0.15, -0.1) is 0 Å². The molecule has 0 rings (SSSR count). The van der Waals surface area contributed by atoms with Gasteiger partial charge in [-0.1, -0.05) is 140 Å². The van der Waals surface area contributed by atoms with Gasteiger partial charge in [-0.3, -0.25) is 9.35 Å². The number of carbonyl (C=O) groups is 1. The lowest BCUT2D eigenvalue weighted by atomic mass is 10.0. The minimum Gasteiger partial charge on any atom is -0.387 e. The molecule has 0 saturated carbocycles. The first kappa shape index (κ1) is 39.5. The highest BCUT2D eigenvalue weighted by atomic mass is 32.2. The molecule has 0 radical (unpaired) electrons. The standard InChI is InChI=1S/C33H61NO6S/c1-3-5-7-9-11-13-15-17-19-21-23-25-27-31(35)30(29-41(38,39)40)34-33(37)32(36)28-26-24-22-20-18-16-14-12-10-8-6-4-2/h9,11,17,19,25,27,30-32,35-36H,3-8,10,12-16,18,20-24,26,28-29H2,1-2H3,(H,34,37)(H,38,39,40)/b11-9+,19-17+,27-25+. The van der Waals surface area contributed by atoms with Gasteiger partial charge >= 0.3 is 0 Å². The molecule has 41 heavy (non-hydrogen) atoms. The van der Waals surface area contributed by atoms with Crippen LogP contribution in [0.25, 0.3) is 0 Å². The molecule has 0 heterocycles. The predicted molar refractivity (Wildman–Crippen MR) is 171 cm³/mol. The molecular weight excluding hydrogens is 538 g/mol. The number of nitrogens with one attached hydrogen (secondary N) is 1. The summed E-state index contributed by atoms with van der Waals surface area (Å²) in [5.74, 6) is -1.57. The summed E-state index contributed by atoms with van der Waals surface area (Å²) < 4.78 is 32.2. The first-order chi connectivity index (χ1) is 19.7. The number of amides is 1. The van der Waals surface area contributed by atoms with Crippen molar-refractivity contribution in [3.63, 3.8) is 0 Å². The molecule has 0 aromatic heterocycles. The Kier molecular flexibility index (Phi) is 26.4. The number of carbonyl (C=O) groups excluding carboxylic acids is 1. The summed E-state index contributed by atoms with van der Waals surface area (Å²) in [6.07, 6.45) is 30.6. The van der Waals surface area contributed by atoms with Crippen LogP contribution >= 0.6 is 0 Å². The first-order valence-corrected chi connectivity index (χ1v) is 17.9. The van der Waals surface area contributed by atoms with Crippen LogP contribution in [0.1, 0.15) is 142 Å². The van der Waals surface area contributed by atoms with Crippen molar-refractivity contribution in [3.05, 3.63) is 36.5 Å². The molecule has 240 valence electrons. The first-order valence-electron chi connectivity index (χ1n) is 16.3. The van der Waals surface area contributed by atoms with Gasteiger partial charge in [-0.2, -0.15) is 8.42 Å². The van der Waals surface area contributed by atoms with E-state index in [1.807, 2.05) is 0 Å². The number of aliphatic hydroxyl groups is 2. The Bertz CT molecular complexity index is 809. The Labute approximate surface area is 251 Å². The number of hydrogen-bond acceptors (Lipinski definition) is 5. The smallest absolute Gasteiger partial charge is 0.267 e. The molecule has 7 nitrogen and oxygen atoms in total. The Balaban J connectivity index is 4.28. The molecule has 0 saturated heterocycles. The highest BCUT2D eigenvalue weighted by molar-refractivity contribution is 7.85. The van der Waals surface area contributed by atoms with Gasteiger partial charge in [0.05, 0.1) is 17.9 Å². The largest absolute Gasteiger partial charge is 0.387 e. The highest BCUT2D eigenvalue weighted by Crippen LogP contribution is 2.13. The molecule has 0 aliphatic carbocycles. The van der Waals surface area contributed by atoms with Crippen LogP contribution in [0.2, 0.25) is 0 Å². The molecular formula is C33H61NO6S. The fraction of sp³-hybridized carbons (Fsp3) is 0.788. The number of hydrogen-bond donors (Lipinski definition) is 4. The zero-order valence-electron chi connectivity index (χ0n) is 26.0. The van der Waals surface area contributed by atoms with Gasteiger partial charge in [-0.05, 0) is 38.5 Å². The highest BCUT2D eigenvalue weighted by Gasteiger charge is 2.27. The molecule has 0 aromatic carbocycles. The van der Waals surface area contributed by atoms with Crippen LogP contribution in [0.5, 0.6) is 0 Å². The summed E-state index contributed by atoms with van der Waals surface area (Å²) in [5.41, 5.74) is 0. The lowest BCUT2D eigenvalue weighted by Gasteiger charge is -2.22. The fourth-order valence-electron chi connectivity index (χ4n) is 4.59. The third-order valence-corrected chi connectivity index (χ3v) is 7.94. The Hall–Kier alpha value is -1.48. The molecule has 3 unspecified atom stereocenters. The topological polar surface area (TPSA) is 124 Å². The maximum Gasteiger partial charge on any atom is 0.267 e. The van der Waals surface area contributed by atoms with E-state index in [4.69, 9.17) is 0 Å². The van der Waals surface area contributed by atoms with Gasteiger partial charge in [0.15, 0.2) is 0 Å². The second-order valence-electron chi connectivity index (χ2n) is 11.2. The third-order valence-electron chi connectivity index (χ3n) is 7.15. The van der Waals surface area contributed by atoms with Gasteiger partial charge < -0.3 is 15.5 Å². The normalized spacial score (nSPS) is 14.8. The number of aliphatic hydroxyl groups excluding tert-OH is 2. The Morgan fingerprint density at radius 3 is 1.59 bits per heavy atom. The van der Waals surface area contributed by atoms with Crippen LogP contribution < -0.4 is 5.32 Å². The van der Waals surface area contributed by atoms with Crippen molar-refractivity contribution in [2.75, 3.05) is 5.75 Å². The van der Waals surface area contributed by atoms with E-state index in [1.165, 1.54) is 70.3 Å². The number of unbranched alkanes of at least 4 members (excludes halogenated alkanes) is 15. The Morgan fingerprint density at radius 1 is 0.659 bits per heavy atom. The van der Waals surface area contributed by atoms with Crippen LogP contribution in [-0.4, -0.2) is 53.1 Å². The molecule has 0 aliphatic rings. The molecule has 0 aromatic rings. The average Bonchev–Trinajstić information content (AvgIpc) is 2.92. The van der Waals surface area contributed by atoms with Gasteiger partial charge in [0.25, 0.3) is 10.1 Å². The molecule has 8 heteroatoms. The van der Waals surface area contributed by atoms with Crippen molar-refractivity contribution in [1.82, 2.24) is 5.32 Å². The third kappa shape index (κ3) is 27.1. The zero-order chi connectivity index (χ0) is 30.6. The van der Waals surface area contributed by atoms with Crippen LogP contribution in [0.15, 0.2) is 36.5 Å². The van der Waals surface area contributed by atoms with E-state index in [2.05, 4.69) is 43.5 Å². The number of allylic oxidation sites excluding steroid dienone is 5. The van der Waals surface area contributed by atoms with E-state index in [1.54, 1.807) is 6.08 Å². The zero-order valence-corrected chi connectivity index (χ0v) is 26.8. The van der Waals surface area contributed by atoms with Crippen molar-refractivity contribution in [1.29, 1.82) is 0 Å². The molecule has 0 aliphatic heterocycles. The monoisotopic (exact) mass is 599 g/mol. The minimum absolute atomic E-state index is 0.272. The van der Waals surface area contributed by atoms with E-state index in [9.17, 15) is 28.0 Å². The van der Waals surface area contributed by atoms with Crippen LogP contribution in [0.3, 0.4) is 0 Å². The average molecular weight is 600 g/mol. The molecule has 3 atom stereocenters. The van der Waals surface area contributed by atoms with Crippen LogP contribution in [0, 0.1) is 0 Å². The molecule has 4 N–H and O–H groups in total. The van der Waals surface area contributed by atoms with E-state index < -0.39 is 40.0 Å². The summed E-state index contributed by atoms with van der Waals surface area (Å²) in [7, 11) is -4.44. The van der Waals surface area contributed by atoms with Crippen molar-refractivity contribution in [2.45, 2.75) is 161 Å². The van der Waals surface area contributed by atoms with Crippen molar-refractivity contribution in [3.8, 4) is 0 Å². The summed E-state index contributed by atoms with van der Waals surface area (Å²) in [6.45, 7) is 4.41. The SMILES string of the molecule is CCCC/C=C/CC/C=C/CC/C=C/C(O)C(CS(=O)(=O)O)NC(=O)C(O)CCCCCCCCCCCCCC. The molecule has 0 spiro atoms. The second-order valence-corrected chi connectivity index (χ2v) is 12.7. The van der Waals surface area contributed by atoms with Crippen LogP contribution in [-0.2, 0) is 14.9 Å². The van der Waals surface area contributed by atoms with Crippen molar-refractivity contribution < 1.29 is 28.0 Å². The minimum atomic E-state index is -4.44. The number of rotatable bonds is 28.